The summed E-state index contributed by atoms with van der Waals surface area (Å²) in [4.78, 5) is 24.5. The molecule has 0 aromatic carbocycles. The van der Waals surface area contributed by atoms with Crippen LogP contribution in [0, 0.1) is 0 Å². The summed E-state index contributed by atoms with van der Waals surface area (Å²) in [6.07, 6.45) is 72.2. The topological polar surface area (TPSA) is 95.9 Å². The van der Waals surface area contributed by atoms with Gasteiger partial charge < -0.3 is 20.3 Å². The maximum Gasteiger partial charge on any atom is 0.305 e. The van der Waals surface area contributed by atoms with Crippen LogP contribution in [0.25, 0.3) is 0 Å². The Labute approximate surface area is 431 Å². The Morgan fingerprint density at radius 2 is 0.681 bits per heavy atom. The molecule has 69 heavy (non-hydrogen) atoms. The van der Waals surface area contributed by atoms with Gasteiger partial charge in [0.15, 0.2) is 0 Å². The van der Waals surface area contributed by atoms with Gasteiger partial charge >= 0.3 is 5.97 Å². The van der Waals surface area contributed by atoms with Gasteiger partial charge in [-0.1, -0.05) is 295 Å². The van der Waals surface area contributed by atoms with Gasteiger partial charge in [0.05, 0.1) is 25.4 Å². The molecule has 0 aliphatic rings. The van der Waals surface area contributed by atoms with Crippen LogP contribution in [0.15, 0.2) is 24.3 Å². The lowest BCUT2D eigenvalue weighted by molar-refractivity contribution is -0.143. The monoisotopic (exact) mass is 972 g/mol. The van der Waals surface area contributed by atoms with E-state index in [1.807, 2.05) is 6.08 Å². The van der Waals surface area contributed by atoms with E-state index in [9.17, 15) is 19.8 Å². The first-order chi connectivity index (χ1) is 34.0. The minimum Gasteiger partial charge on any atom is -0.466 e. The van der Waals surface area contributed by atoms with Gasteiger partial charge in [0, 0.05) is 12.8 Å². The Hall–Kier alpha value is -1.66. The summed E-state index contributed by atoms with van der Waals surface area (Å²) < 4.78 is 5.50. The Kier molecular flexibility index (Phi) is 57.5. The third-order valence-corrected chi connectivity index (χ3v) is 14.5. The van der Waals surface area contributed by atoms with Gasteiger partial charge in [0.1, 0.15) is 0 Å². The second-order valence-corrected chi connectivity index (χ2v) is 21.4. The first kappa shape index (κ1) is 67.3. The molecule has 0 bridgehead atoms. The molecule has 0 heterocycles. The summed E-state index contributed by atoms with van der Waals surface area (Å²) in [6.45, 7) is 4.91. The molecular weight excluding hydrogens is 851 g/mol. The van der Waals surface area contributed by atoms with Crippen LogP contribution in [0.1, 0.15) is 341 Å². The summed E-state index contributed by atoms with van der Waals surface area (Å²) in [5.41, 5.74) is 0. The summed E-state index contributed by atoms with van der Waals surface area (Å²) in [6, 6.07) is -0.633. The standard InChI is InChI=1S/C63H121NO5/c1-3-5-7-9-11-13-15-17-19-20-26-29-33-37-41-45-49-53-57-63(68)69-58-54-50-46-42-38-34-30-27-24-22-21-23-25-28-32-36-40-44-48-52-56-62(67)64-60(59-65)61(66)55-51-47-43-39-35-31-18-16-14-12-10-8-6-4-2/h21,23,51,55,60-61,65-66H,3-20,22,24-50,52-54,56-59H2,1-2H3,(H,64,67)/b23-21-,55-51+. The van der Waals surface area contributed by atoms with Crippen LogP contribution in [0.5, 0.6) is 0 Å². The number of carbonyl (C=O) groups excluding carboxylic acids is 2. The largest absolute Gasteiger partial charge is 0.466 e. The first-order valence-corrected chi connectivity index (χ1v) is 31.1. The van der Waals surface area contributed by atoms with Crippen molar-refractivity contribution in [2.24, 2.45) is 0 Å². The van der Waals surface area contributed by atoms with Crippen LogP contribution in [0.4, 0.5) is 0 Å². The number of hydrogen-bond acceptors (Lipinski definition) is 5. The zero-order valence-corrected chi connectivity index (χ0v) is 46.6. The van der Waals surface area contributed by atoms with E-state index in [2.05, 4.69) is 31.3 Å². The number of allylic oxidation sites excluding steroid dienone is 3. The van der Waals surface area contributed by atoms with E-state index < -0.39 is 12.1 Å². The molecule has 3 N–H and O–H groups in total. The van der Waals surface area contributed by atoms with Gasteiger partial charge in [-0.3, -0.25) is 9.59 Å². The minimum atomic E-state index is -0.849. The van der Waals surface area contributed by atoms with Crippen LogP contribution in [-0.4, -0.2) is 47.4 Å². The maximum absolute atomic E-state index is 12.4. The smallest absolute Gasteiger partial charge is 0.305 e. The highest BCUT2D eigenvalue weighted by molar-refractivity contribution is 5.76. The second-order valence-electron chi connectivity index (χ2n) is 21.4. The number of esters is 1. The van der Waals surface area contributed by atoms with E-state index in [1.165, 1.54) is 270 Å². The molecule has 2 unspecified atom stereocenters. The average molecular weight is 973 g/mol. The molecule has 1 amide bonds. The molecule has 0 spiro atoms. The van der Waals surface area contributed by atoms with Crippen molar-refractivity contribution in [3.8, 4) is 0 Å². The fraction of sp³-hybridized carbons (Fsp3) is 0.905. The molecule has 0 fully saturated rings. The van der Waals surface area contributed by atoms with E-state index in [0.717, 1.165) is 44.9 Å². The Bertz CT molecular complexity index is 1080. The molecule has 0 radical (unpaired) electrons. The molecular formula is C63H121NO5. The van der Waals surface area contributed by atoms with Gasteiger partial charge in [0.25, 0.3) is 0 Å². The second kappa shape index (κ2) is 58.9. The lowest BCUT2D eigenvalue weighted by atomic mass is 10.0. The number of amides is 1. The number of unbranched alkanes of at least 4 members (excludes halogenated alkanes) is 45. The number of ether oxygens (including phenoxy) is 1. The predicted octanol–water partition coefficient (Wildman–Crippen LogP) is 19.4. The Balaban J connectivity index is 3.42. The lowest BCUT2D eigenvalue weighted by Crippen LogP contribution is -2.45. The molecule has 408 valence electrons. The third kappa shape index (κ3) is 55.5. The van der Waals surface area contributed by atoms with Gasteiger partial charge in [-0.15, -0.1) is 0 Å². The first-order valence-electron chi connectivity index (χ1n) is 31.1. The molecule has 0 saturated carbocycles. The van der Waals surface area contributed by atoms with Crippen molar-refractivity contribution >= 4 is 11.9 Å². The molecule has 0 aromatic heterocycles. The number of nitrogens with one attached hydrogen (secondary N) is 1. The van der Waals surface area contributed by atoms with E-state index in [1.54, 1.807) is 6.08 Å². The minimum absolute atomic E-state index is 0.0102. The zero-order chi connectivity index (χ0) is 50.0. The number of aliphatic hydroxyl groups is 2. The molecule has 0 aliphatic carbocycles. The van der Waals surface area contributed by atoms with Gasteiger partial charge in [-0.2, -0.15) is 0 Å². The highest BCUT2D eigenvalue weighted by Gasteiger charge is 2.18. The highest BCUT2D eigenvalue weighted by Crippen LogP contribution is 2.17. The maximum atomic E-state index is 12.4. The van der Waals surface area contributed by atoms with Crippen molar-refractivity contribution in [2.45, 2.75) is 353 Å². The van der Waals surface area contributed by atoms with Gasteiger partial charge in [-0.25, -0.2) is 0 Å². The Morgan fingerprint density at radius 1 is 0.391 bits per heavy atom. The average Bonchev–Trinajstić information content (AvgIpc) is 3.35. The molecule has 0 saturated heterocycles. The molecule has 0 aromatic rings. The molecule has 2 atom stereocenters. The predicted molar refractivity (Wildman–Crippen MR) is 301 cm³/mol. The quantitative estimate of drug-likeness (QED) is 0.0321. The van der Waals surface area contributed by atoms with E-state index >= 15 is 0 Å². The number of aliphatic hydroxyl groups excluding tert-OH is 2. The van der Waals surface area contributed by atoms with Crippen molar-refractivity contribution in [2.75, 3.05) is 13.2 Å². The SMILES string of the molecule is CCCCCCCCCCCCCC/C=C/C(O)C(CO)NC(=O)CCCCCCCCC/C=C\CCCCCCCCCCCOC(=O)CCCCCCCCCCCCCCCCCCCC. The molecule has 0 rings (SSSR count). The van der Waals surface area contributed by atoms with E-state index in [-0.39, 0.29) is 18.5 Å². The van der Waals surface area contributed by atoms with Crippen molar-refractivity contribution in [3.63, 3.8) is 0 Å². The number of rotatable bonds is 58. The van der Waals surface area contributed by atoms with Crippen molar-refractivity contribution in [1.82, 2.24) is 5.32 Å². The number of carbonyl (C=O) groups is 2. The normalized spacial score (nSPS) is 12.7. The van der Waals surface area contributed by atoms with Crippen LogP contribution < -0.4 is 5.32 Å². The van der Waals surface area contributed by atoms with Crippen molar-refractivity contribution < 1.29 is 24.5 Å². The van der Waals surface area contributed by atoms with Crippen LogP contribution in [0.2, 0.25) is 0 Å². The Morgan fingerprint density at radius 3 is 1.03 bits per heavy atom. The lowest BCUT2D eigenvalue weighted by Gasteiger charge is -2.20. The summed E-state index contributed by atoms with van der Waals surface area (Å²) >= 11 is 0. The van der Waals surface area contributed by atoms with E-state index in [4.69, 9.17) is 4.74 Å². The molecule has 6 nitrogen and oxygen atoms in total. The third-order valence-electron chi connectivity index (χ3n) is 14.5. The summed E-state index contributed by atoms with van der Waals surface area (Å²) in [7, 11) is 0. The summed E-state index contributed by atoms with van der Waals surface area (Å²) in [5, 5.41) is 23.1. The molecule has 6 heteroatoms. The van der Waals surface area contributed by atoms with Gasteiger partial charge in [0.2, 0.25) is 5.91 Å². The molecule has 0 aliphatic heterocycles. The zero-order valence-electron chi connectivity index (χ0n) is 46.6. The number of hydrogen-bond donors (Lipinski definition) is 3. The fourth-order valence-electron chi connectivity index (χ4n) is 9.69. The fourth-order valence-corrected chi connectivity index (χ4v) is 9.69. The van der Waals surface area contributed by atoms with Crippen LogP contribution >= 0.6 is 0 Å². The van der Waals surface area contributed by atoms with Crippen molar-refractivity contribution in [3.05, 3.63) is 24.3 Å². The summed E-state index contributed by atoms with van der Waals surface area (Å²) in [5.74, 6) is -0.0652. The van der Waals surface area contributed by atoms with Crippen LogP contribution in [0.3, 0.4) is 0 Å². The van der Waals surface area contributed by atoms with Gasteiger partial charge in [-0.05, 0) is 57.8 Å². The van der Waals surface area contributed by atoms with Crippen LogP contribution in [-0.2, 0) is 14.3 Å². The van der Waals surface area contributed by atoms with Crippen molar-refractivity contribution in [1.29, 1.82) is 0 Å². The highest BCUT2D eigenvalue weighted by atomic mass is 16.5. The van der Waals surface area contributed by atoms with E-state index in [0.29, 0.717) is 19.4 Å².